The van der Waals surface area contributed by atoms with Gasteiger partial charge in [0.25, 0.3) is 0 Å². The van der Waals surface area contributed by atoms with Crippen LogP contribution in [0.5, 0.6) is 5.75 Å². The van der Waals surface area contributed by atoms with Crippen LogP contribution >= 0.6 is 11.6 Å². The van der Waals surface area contributed by atoms with E-state index in [2.05, 4.69) is 0 Å². The fraction of sp³-hybridized carbons (Fsp3) is 0.235. The van der Waals surface area contributed by atoms with Crippen molar-refractivity contribution in [3.05, 3.63) is 53.1 Å². The SMILES string of the molecule is Nc1cc(Cl)cc(OCCN(Cc2ccccc2)C(=O)C(F)(F)F)c1N. The number of hydrogen-bond acceptors (Lipinski definition) is 4. The molecule has 0 heterocycles. The molecule has 0 saturated carbocycles. The summed E-state index contributed by atoms with van der Waals surface area (Å²) in [7, 11) is 0. The van der Waals surface area contributed by atoms with Crippen LogP contribution in [-0.2, 0) is 11.3 Å². The highest BCUT2D eigenvalue weighted by atomic mass is 35.5. The largest absolute Gasteiger partial charge is 0.489 e. The van der Waals surface area contributed by atoms with Crippen LogP contribution in [0.3, 0.4) is 0 Å². The molecule has 0 atom stereocenters. The van der Waals surface area contributed by atoms with Gasteiger partial charge in [-0.15, -0.1) is 0 Å². The highest BCUT2D eigenvalue weighted by molar-refractivity contribution is 6.31. The van der Waals surface area contributed by atoms with Crippen molar-refractivity contribution < 1.29 is 22.7 Å². The summed E-state index contributed by atoms with van der Waals surface area (Å²) in [6, 6.07) is 11.2. The summed E-state index contributed by atoms with van der Waals surface area (Å²) in [6.07, 6.45) is -4.98. The van der Waals surface area contributed by atoms with E-state index in [1.54, 1.807) is 30.3 Å². The maximum absolute atomic E-state index is 12.8. The first-order valence-corrected chi connectivity index (χ1v) is 7.93. The van der Waals surface area contributed by atoms with Gasteiger partial charge in [-0.25, -0.2) is 0 Å². The van der Waals surface area contributed by atoms with Gasteiger partial charge < -0.3 is 21.1 Å². The molecule has 0 fully saturated rings. The number of hydrogen-bond donors (Lipinski definition) is 2. The molecule has 1 amide bonds. The van der Waals surface area contributed by atoms with Crippen LogP contribution in [0.15, 0.2) is 42.5 Å². The number of amides is 1. The molecule has 26 heavy (non-hydrogen) atoms. The normalized spacial score (nSPS) is 11.2. The molecule has 2 rings (SSSR count). The molecular formula is C17H17ClF3N3O2. The van der Waals surface area contributed by atoms with Crippen molar-refractivity contribution >= 4 is 28.9 Å². The van der Waals surface area contributed by atoms with Gasteiger partial charge in [0.15, 0.2) is 0 Å². The van der Waals surface area contributed by atoms with Gasteiger partial charge in [-0.3, -0.25) is 4.79 Å². The number of anilines is 2. The second-order valence-electron chi connectivity index (χ2n) is 5.47. The van der Waals surface area contributed by atoms with Crippen molar-refractivity contribution in [2.24, 2.45) is 0 Å². The molecule has 9 heteroatoms. The van der Waals surface area contributed by atoms with Crippen molar-refractivity contribution in [1.29, 1.82) is 0 Å². The minimum absolute atomic E-state index is 0.131. The maximum Gasteiger partial charge on any atom is 0.471 e. The first kappa shape index (κ1) is 19.7. The Hall–Kier alpha value is -2.61. The van der Waals surface area contributed by atoms with Gasteiger partial charge in [0.2, 0.25) is 0 Å². The molecule has 2 aromatic carbocycles. The lowest BCUT2D eigenvalue weighted by Crippen LogP contribution is -2.42. The standard InChI is InChI=1S/C17H17ClF3N3O2/c18-12-8-13(22)15(23)14(9-12)26-7-6-24(16(25)17(19,20)21)10-11-4-2-1-3-5-11/h1-5,8-9H,6-7,10,22-23H2. The van der Waals surface area contributed by atoms with Crippen LogP contribution in [0.1, 0.15) is 5.56 Å². The Labute approximate surface area is 153 Å². The van der Waals surface area contributed by atoms with E-state index in [0.717, 1.165) is 0 Å². The van der Waals surface area contributed by atoms with Crippen LogP contribution in [0, 0.1) is 0 Å². The van der Waals surface area contributed by atoms with E-state index < -0.39 is 12.1 Å². The van der Waals surface area contributed by atoms with E-state index in [0.29, 0.717) is 10.5 Å². The fourth-order valence-corrected chi connectivity index (χ4v) is 2.45. The zero-order chi connectivity index (χ0) is 19.3. The van der Waals surface area contributed by atoms with Crippen LogP contribution in [0.4, 0.5) is 24.5 Å². The van der Waals surface area contributed by atoms with Crippen LogP contribution in [0.2, 0.25) is 5.02 Å². The third-order valence-corrected chi connectivity index (χ3v) is 3.72. The molecule has 0 radical (unpaired) electrons. The molecule has 0 saturated heterocycles. The van der Waals surface area contributed by atoms with Crippen molar-refractivity contribution in [2.45, 2.75) is 12.7 Å². The number of carbonyl (C=O) groups is 1. The van der Waals surface area contributed by atoms with E-state index in [1.807, 2.05) is 0 Å². The lowest BCUT2D eigenvalue weighted by atomic mass is 10.2. The number of benzene rings is 2. The molecule has 0 spiro atoms. The van der Waals surface area contributed by atoms with Crippen LogP contribution < -0.4 is 16.2 Å². The van der Waals surface area contributed by atoms with E-state index in [9.17, 15) is 18.0 Å². The molecular weight excluding hydrogens is 371 g/mol. The lowest BCUT2D eigenvalue weighted by Gasteiger charge is -2.24. The number of alkyl halides is 3. The minimum atomic E-state index is -4.98. The van der Waals surface area contributed by atoms with E-state index in [4.69, 9.17) is 27.8 Å². The second kappa shape index (κ2) is 8.18. The molecule has 140 valence electrons. The predicted molar refractivity (Wildman–Crippen MR) is 93.7 cm³/mol. The fourth-order valence-electron chi connectivity index (χ4n) is 2.23. The van der Waals surface area contributed by atoms with Gasteiger partial charge in [-0.05, 0) is 11.6 Å². The van der Waals surface area contributed by atoms with E-state index in [1.165, 1.54) is 12.1 Å². The smallest absolute Gasteiger partial charge is 0.471 e. The Morgan fingerprint density at radius 2 is 1.81 bits per heavy atom. The second-order valence-corrected chi connectivity index (χ2v) is 5.90. The first-order chi connectivity index (χ1) is 12.2. The molecule has 0 unspecified atom stereocenters. The molecule has 0 aliphatic carbocycles. The van der Waals surface area contributed by atoms with Crippen LogP contribution in [-0.4, -0.2) is 30.1 Å². The van der Waals surface area contributed by atoms with Gasteiger partial charge in [0.1, 0.15) is 12.4 Å². The van der Waals surface area contributed by atoms with E-state index >= 15 is 0 Å². The number of carbonyl (C=O) groups excluding carboxylic acids is 1. The summed E-state index contributed by atoms with van der Waals surface area (Å²) in [5.74, 6) is -1.79. The Morgan fingerprint density at radius 3 is 2.42 bits per heavy atom. The highest BCUT2D eigenvalue weighted by Crippen LogP contribution is 2.31. The first-order valence-electron chi connectivity index (χ1n) is 7.56. The molecule has 0 aliphatic heterocycles. The van der Waals surface area contributed by atoms with Gasteiger partial charge in [0.05, 0.1) is 17.9 Å². The van der Waals surface area contributed by atoms with Crippen molar-refractivity contribution in [2.75, 3.05) is 24.6 Å². The third-order valence-electron chi connectivity index (χ3n) is 3.50. The predicted octanol–water partition coefficient (Wildman–Crippen LogP) is 3.47. The van der Waals surface area contributed by atoms with Crippen molar-refractivity contribution in [3.8, 4) is 5.75 Å². The Balaban J connectivity index is 2.08. The zero-order valence-corrected chi connectivity index (χ0v) is 14.3. The monoisotopic (exact) mass is 387 g/mol. The highest BCUT2D eigenvalue weighted by Gasteiger charge is 2.42. The number of nitrogens with two attached hydrogens (primary N) is 2. The molecule has 0 aliphatic rings. The topological polar surface area (TPSA) is 81.6 Å². The molecule has 0 aromatic heterocycles. The van der Waals surface area contributed by atoms with Crippen molar-refractivity contribution in [3.63, 3.8) is 0 Å². The molecule has 2 aromatic rings. The summed E-state index contributed by atoms with van der Waals surface area (Å²) in [5.41, 5.74) is 12.3. The quantitative estimate of drug-likeness (QED) is 0.743. The lowest BCUT2D eigenvalue weighted by molar-refractivity contribution is -0.186. The number of rotatable bonds is 6. The van der Waals surface area contributed by atoms with E-state index in [-0.39, 0.29) is 41.8 Å². The zero-order valence-electron chi connectivity index (χ0n) is 13.6. The molecule has 0 bridgehead atoms. The minimum Gasteiger partial charge on any atom is -0.489 e. The van der Waals surface area contributed by atoms with Crippen molar-refractivity contribution in [1.82, 2.24) is 4.90 Å². The van der Waals surface area contributed by atoms with Gasteiger partial charge in [-0.2, -0.15) is 13.2 Å². The van der Waals surface area contributed by atoms with Gasteiger partial charge in [-0.1, -0.05) is 41.9 Å². The summed E-state index contributed by atoms with van der Waals surface area (Å²) in [4.78, 5) is 12.3. The average molecular weight is 388 g/mol. The van der Waals surface area contributed by atoms with Crippen LogP contribution in [0.25, 0.3) is 0 Å². The number of halogens is 4. The Morgan fingerprint density at radius 1 is 1.15 bits per heavy atom. The molecule has 5 nitrogen and oxygen atoms in total. The summed E-state index contributed by atoms with van der Waals surface area (Å²) in [5, 5.41) is 0.277. The van der Waals surface area contributed by atoms with Gasteiger partial charge >= 0.3 is 12.1 Å². The Bertz CT molecular complexity index is 770. The number of ether oxygens (including phenoxy) is 1. The summed E-state index contributed by atoms with van der Waals surface area (Å²) < 4.78 is 43.9. The van der Waals surface area contributed by atoms with Gasteiger partial charge in [0, 0.05) is 17.6 Å². The maximum atomic E-state index is 12.8. The number of nitrogen functional groups attached to an aromatic ring is 2. The molecule has 4 N–H and O–H groups in total. The Kier molecular flexibility index (Phi) is 6.20. The third kappa shape index (κ3) is 5.19. The number of nitrogens with zero attached hydrogens (tertiary/aromatic N) is 1. The summed E-state index contributed by atoms with van der Waals surface area (Å²) in [6.45, 7) is -0.701. The average Bonchev–Trinajstić information content (AvgIpc) is 2.57. The summed E-state index contributed by atoms with van der Waals surface area (Å²) >= 11 is 5.85.